The molecule has 11 heteroatoms. The van der Waals surface area contributed by atoms with Crippen LogP contribution in [-0.2, 0) is 15.8 Å². The molecule has 1 N–H and O–H groups in total. The monoisotopic (exact) mass is 561 g/mol. The summed E-state index contributed by atoms with van der Waals surface area (Å²) in [5.41, 5.74) is -0.237. The second-order valence-corrected chi connectivity index (χ2v) is 8.81. The van der Waals surface area contributed by atoms with E-state index >= 15 is 0 Å². The number of aromatic nitrogens is 1. The summed E-state index contributed by atoms with van der Waals surface area (Å²) in [6.07, 6.45) is -1.85. The summed E-state index contributed by atoms with van der Waals surface area (Å²) in [6.45, 7) is 0. The number of rotatable bonds is 6. The van der Waals surface area contributed by atoms with Crippen LogP contribution in [0.25, 0.3) is 6.08 Å². The summed E-state index contributed by atoms with van der Waals surface area (Å²) >= 11 is 5.25. The Bertz CT molecular complexity index is 1610. The van der Waals surface area contributed by atoms with Crippen molar-refractivity contribution in [2.45, 2.75) is 6.18 Å². The van der Waals surface area contributed by atoms with Crippen molar-refractivity contribution < 1.29 is 32.2 Å². The molecule has 0 spiro atoms. The maximum atomic E-state index is 13.3. The molecule has 5 rings (SSSR count). The molecule has 0 radical (unpaired) electrons. The van der Waals surface area contributed by atoms with E-state index in [0.717, 1.165) is 12.1 Å². The Morgan fingerprint density at radius 2 is 1.52 bits per heavy atom. The Kier molecular flexibility index (Phi) is 7.30. The highest BCUT2D eigenvalue weighted by molar-refractivity contribution is 7.80. The molecule has 0 bridgehead atoms. The first-order valence-corrected chi connectivity index (χ1v) is 12.1. The van der Waals surface area contributed by atoms with Crippen molar-refractivity contribution in [3.8, 4) is 23.1 Å². The van der Waals surface area contributed by atoms with Gasteiger partial charge in [0.2, 0.25) is 5.88 Å². The van der Waals surface area contributed by atoms with Crippen LogP contribution in [0.2, 0.25) is 0 Å². The molecule has 2 heterocycles. The fourth-order valence-electron chi connectivity index (χ4n) is 3.74. The molecule has 40 heavy (non-hydrogen) atoms. The molecule has 1 aliphatic heterocycles. The number of pyridine rings is 1. The highest BCUT2D eigenvalue weighted by atomic mass is 32.1. The Morgan fingerprint density at radius 1 is 0.825 bits per heavy atom. The number of halogens is 3. The molecule has 1 aromatic heterocycles. The minimum Gasteiger partial charge on any atom is -0.457 e. The van der Waals surface area contributed by atoms with E-state index in [-0.39, 0.29) is 22.3 Å². The Hall–Kier alpha value is -5.03. The van der Waals surface area contributed by atoms with Gasteiger partial charge in [-0.05, 0) is 84.5 Å². The van der Waals surface area contributed by atoms with Gasteiger partial charge < -0.3 is 9.47 Å². The number of nitrogens with one attached hydrogen (secondary N) is 1. The zero-order chi connectivity index (χ0) is 28.3. The molecule has 0 aliphatic carbocycles. The maximum Gasteiger partial charge on any atom is 0.416 e. The summed E-state index contributed by atoms with van der Waals surface area (Å²) in [6, 6.07) is 23.1. The molecule has 7 nitrogen and oxygen atoms in total. The molecule has 4 aromatic rings. The number of carbonyl (C=O) groups is 2. The average molecular weight is 562 g/mol. The van der Waals surface area contributed by atoms with Gasteiger partial charge in [0.15, 0.2) is 5.11 Å². The maximum absolute atomic E-state index is 13.3. The lowest BCUT2D eigenvalue weighted by atomic mass is 10.1. The lowest BCUT2D eigenvalue weighted by Gasteiger charge is -2.29. The first-order chi connectivity index (χ1) is 19.2. The zero-order valence-corrected chi connectivity index (χ0v) is 21.2. The van der Waals surface area contributed by atoms with Gasteiger partial charge in [-0.2, -0.15) is 13.2 Å². The molecule has 0 unspecified atom stereocenters. The zero-order valence-electron chi connectivity index (χ0n) is 20.4. The third-order valence-electron chi connectivity index (χ3n) is 5.63. The van der Waals surface area contributed by atoms with Crippen molar-refractivity contribution in [3.63, 3.8) is 0 Å². The first kappa shape index (κ1) is 26.6. The van der Waals surface area contributed by atoms with Gasteiger partial charge in [0.25, 0.3) is 11.8 Å². The third kappa shape index (κ3) is 6.00. The standard InChI is InChI=1S/C29H18F3N3O4S/c30-29(31,32)19-5-4-8-23(16-19)39-25-14-9-18(17-33-25)15-24-26(36)34-28(40)35(27(24)37)20-10-12-22(13-11-20)38-21-6-2-1-3-7-21/h1-17H,(H,34,36,40)/b24-15+. The van der Waals surface area contributed by atoms with E-state index in [1.54, 1.807) is 24.3 Å². The second-order valence-electron chi connectivity index (χ2n) is 8.42. The Morgan fingerprint density at radius 3 is 2.20 bits per heavy atom. The first-order valence-electron chi connectivity index (χ1n) is 11.7. The Labute approximate surface area is 231 Å². The van der Waals surface area contributed by atoms with E-state index in [9.17, 15) is 22.8 Å². The molecule has 200 valence electrons. The fourth-order valence-corrected chi connectivity index (χ4v) is 4.02. The lowest BCUT2D eigenvalue weighted by molar-refractivity contribution is -0.137. The van der Waals surface area contributed by atoms with Gasteiger partial charge in [0.1, 0.15) is 22.8 Å². The summed E-state index contributed by atoms with van der Waals surface area (Å²) in [5.74, 6) is -0.142. The molecule has 3 aromatic carbocycles. The number of ether oxygens (including phenoxy) is 2. The van der Waals surface area contributed by atoms with Gasteiger partial charge in [0, 0.05) is 12.3 Å². The highest BCUT2D eigenvalue weighted by Crippen LogP contribution is 2.32. The summed E-state index contributed by atoms with van der Waals surface area (Å²) in [7, 11) is 0. The SMILES string of the molecule is O=C1NC(=S)N(c2ccc(Oc3ccccc3)cc2)C(=O)/C1=C/c1ccc(Oc2cccc(C(F)(F)F)c2)nc1. The van der Waals surface area contributed by atoms with Crippen molar-refractivity contribution in [1.82, 2.24) is 10.3 Å². The van der Waals surface area contributed by atoms with E-state index in [1.165, 1.54) is 41.4 Å². The van der Waals surface area contributed by atoms with Crippen LogP contribution in [0.4, 0.5) is 18.9 Å². The number of benzene rings is 3. The molecule has 0 atom stereocenters. The number of carbonyl (C=O) groups excluding carboxylic acids is 2. The number of para-hydroxylation sites is 1. The average Bonchev–Trinajstić information content (AvgIpc) is 2.93. The molecule has 2 amide bonds. The van der Waals surface area contributed by atoms with Crippen molar-refractivity contribution in [2.24, 2.45) is 0 Å². The van der Waals surface area contributed by atoms with Crippen molar-refractivity contribution >= 4 is 40.9 Å². The van der Waals surface area contributed by atoms with Crippen LogP contribution in [-0.4, -0.2) is 21.9 Å². The van der Waals surface area contributed by atoms with Gasteiger partial charge in [-0.3, -0.25) is 19.8 Å². The molecule has 1 aliphatic rings. The van der Waals surface area contributed by atoms with Crippen molar-refractivity contribution in [2.75, 3.05) is 4.90 Å². The molecular formula is C29H18F3N3O4S. The quantitative estimate of drug-likeness (QED) is 0.164. The van der Waals surface area contributed by atoms with Crippen molar-refractivity contribution in [1.29, 1.82) is 0 Å². The number of nitrogens with zero attached hydrogens (tertiary/aromatic N) is 2. The smallest absolute Gasteiger partial charge is 0.416 e. The Balaban J connectivity index is 1.32. The predicted octanol–water partition coefficient (Wildman–Crippen LogP) is 6.52. The van der Waals surface area contributed by atoms with Crippen LogP contribution >= 0.6 is 12.2 Å². The largest absolute Gasteiger partial charge is 0.457 e. The third-order valence-corrected chi connectivity index (χ3v) is 5.91. The minimum absolute atomic E-state index is 0.0292. The van der Waals surface area contributed by atoms with Gasteiger partial charge in [-0.25, -0.2) is 4.98 Å². The topological polar surface area (TPSA) is 80.8 Å². The van der Waals surface area contributed by atoms with Crippen LogP contribution in [0.1, 0.15) is 11.1 Å². The number of alkyl halides is 3. The van der Waals surface area contributed by atoms with E-state index in [2.05, 4.69) is 10.3 Å². The summed E-state index contributed by atoms with van der Waals surface area (Å²) in [5, 5.41) is 2.43. The normalized spacial score (nSPS) is 14.7. The van der Waals surface area contributed by atoms with Gasteiger partial charge >= 0.3 is 6.18 Å². The highest BCUT2D eigenvalue weighted by Gasteiger charge is 2.34. The van der Waals surface area contributed by atoms with E-state index in [1.807, 2.05) is 30.3 Å². The van der Waals surface area contributed by atoms with Crippen LogP contribution in [0.5, 0.6) is 23.1 Å². The predicted molar refractivity (Wildman–Crippen MR) is 145 cm³/mol. The number of amides is 2. The minimum atomic E-state index is -4.51. The molecular weight excluding hydrogens is 543 g/mol. The van der Waals surface area contributed by atoms with Crippen LogP contribution in [0, 0.1) is 0 Å². The van der Waals surface area contributed by atoms with Gasteiger partial charge in [-0.15, -0.1) is 0 Å². The number of anilines is 1. The van der Waals surface area contributed by atoms with Gasteiger partial charge in [-0.1, -0.05) is 24.3 Å². The second kappa shape index (κ2) is 11.0. The molecule has 1 fully saturated rings. The van der Waals surface area contributed by atoms with E-state index in [4.69, 9.17) is 21.7 Å². The lowest BCUT2D eigenvalue weighted by Crippen LogP contribution is -2.54. The summed E-state index contributed by atoms with van der Waals surface area (Å²) < 4.78 is 50.0. The molecule has 1 saturated heterocycles. The van der Waals surface area contributed by atoms with Gasteiger partial charge in [0.05, 0.1) is 11.3 Å². The van der Waals surface area contributed by atoms with Crippen LogP contribution in [0.3, 0.4) is 0 Å². The van der Waals surface area contributed by atoms with E-state index in [0.29, 0.717) is 22.7 Å². The van der Waals surface area contributed by atoms with E-state index < -0.39 is 23.6 Å². The summed E-state index contributed by atoms with van der Waals surface area (Å²) in [4.78, 5) is 31.2. The number of hydrogen-bond acceptors (Lipinski definition) is 6. The van der Waals surface area contributed by atoms with Crippen molar-refractivity contribution in [3.05, 3.63) is 114 Å². The molecule has 0 saturated carbocycles. The van der Waals surface area contributed by atoms with Crippen LogP contribution < -0.4 is 19.7 Å². The number of hydrogen-bond donors (Lipinski definition) is 1. The fraction of sp³-hybridized carbons (Fsp3) is 0.0345. The van der Waals surface area contributed by atoms with Crippen LogP contribution in [0.15, 0.2) is 103 Å². The number of thiocarbonyl (C=S) groups is 1.